The lowest BCUT2D eigenvalue weighted by atomic mass is 9.47. The molecule has 4 saturated carbocycles. The van der Waals surface area contributed by atoms with Crippen LogP contribution in [0, 0.1) is 23.2 Å². The topological polar surface area (TPSA) is 95.5 Å². The van der Waals surface area contributed by atoms with E-state index in [-0.39, 0.29) is 28.8 Å². The third-order valence-corrected chi connectivity index (χ3v) is 8.77. The average Bonchev–Trinajstić information content (AvgIpc) is 2.85. The SMILES string of the molecule is CC(C)(C(=O)NC1C2CC3CC1CC(C(=O)NCc1ccc(C(=O)O)cc1)(C3)C2)c1ccccc1. The van der Waals surface area contributed by atoms with Crippen LogP contribution in [0.2, 0.25) is 0 Å². The Balaban J connectivity index is 1.24. The van der Waals surface area contributed by atoms with Crippen LogP contribution < -0.4 is 10.6 Å². The molecule has 2 atom stereocenters. The molecular weight excluding hydrogens is 440 g/mol. The fraction of sp³-hybridized carbons (Fsp3) is 0.483. The maximum absolute atomic E-state index is 13.4. The number of carboxylic acids is 1. The number of hydrogen-bond donors (Lipinski definition) is 3. The van der Waals surface area contributed by atoms with Crippen molar-refractivity contribution in [1.29, 1.82) is 0 Å². The van der Waals surface area contributed by atoms with Gasteiger partial charge in [-0.2, -0.15) is 0 Å². The van der Waals surface area contributed by atoms with Crippen molar-refractivity contribution in [3.05, 3.63) is 71.3 Å². The molecule has 4 fully saturated rings. The van der Waals surface area contributed by atoms with Crippen LogP contribution in [0.4, 0.5) is 0 Å². The van der Waals surface area contributed by atoms with E-state index in [1.807, 2.05) is 44.2 Å². The van der Waals surface area contributed by atoms with E-state index in [1.54, 1.807) is 24.3 Å². The van der Waals surface area contributed by atoms with E-state index < -0.39 is 11.4 Å². The van der Waals surface area contributed by atoms with Crippen LogP contribution in [0.5, 0.6) is 0 Å². The van der Waals surface area contributed by atoms with Gasteiger partial charge in [-0.15, -0.1) is 0 Å². The van der Waals surface area contributed by atoms with Gasteiger partial charge >= 0.3 is 5.97 Å². The van der Waals surface area contributed by atoms with Crippen LogP contribution in [0.3, 0.4) is 0 Å². The van der Waals surface area contributed by atoms with Crippen molar-refractivity contribution in [3.8, 4) is 0 Å². The van der Waals surface area contributed by atoms with Crippen LogP contribution in [-0.2, 0) is 21.5 Å². The molecule has 2 unspecified atom stereocenters. The number of benzene rings is 2. The zero-order valence-corrected chi connectivity index (χ0v) is 20.4. The van der Waals surface area contributed by atoms with E-state index >= 15 is 0 Å². The number of hydrogen-bond acceptors (Lipinski definition) is 3. The Kier molecular flexibility index (Phi) is 5.94. The van der Waals surface area contributed by atoms with E-state index in [9.17, 15) is 14.4 Å². The summed E-state index contributed by atoms with van der Waals surface area (Å²) in [5, 5.41) is 15.6. The van der Waals surface area contributed by atoms with Crippen LogP contribution in [0.15, 0.2) is 54.6 Å². The number of rotatable bonds is 7. The quantitative estimate of drug-likeness (QED) is 0.558. The molecule has 3 N–H and O–H groups in total. The van der Waals surface area contributed by atoms with Crippen molar-refractivity contribution in [3.63, 3.8) is 0 Å². The Bertz CT molecular complexity index is 1110. The second-order valence-corrected chi connectivity index (χ2v) is 11.4. The molecular formula is C29H34N2O4. The van der Waals surface area contributed by atoms with Gasteiger partial charge in [0, 0.05) is 12.6 Å². The third-order valence-electron chi connectivity index (χ3n) is 8.77. The zero-order chi connectivity index (χ0) is 24.8. The van der Waals surface area contributed by atoms with E-state index in [4.69, 9.17) is 5.11 Å². The van der Waals surface area contributed by atoms with Crippen molar-refractivity contribution >= 4 is 17.8 Å². The Morgan fingerprint density at radius 1 is 0.943 bits per heavy atom. The van der Waals surface area contributed by atoms with Gasteiger partial charge in [0.05, 0.1) is 16.4 Å². The van der Waals surface area contributed by atoms with Crippen molar-refractivity contribution in [2.75, 3.05) is 0 Å². The molecule has 2 aromatic rings. The summed E-state index contributed by atoms with van der Waals surface area (Å²) in [5.74, 6) is 0.416. The third kappa shape index (κ3) is 4.35. The van der Waals surface area contributed by atoms with E-state index in [1.165, 1.54) is 0 Å². The lowest BCUT2D eigenvalue weighted by molar-refractivity contribution is -0.151. The van der Waals surface area contributed by atoms with Crippen LogP contribution in [-0.4, -0.2) is 28.9 Å². The Morgan fingerprint density at radius 2 is 1.57 bits per heavy atom. The van der Waals surface area contributed by atoms with Gasteiger partial charge < -0.3 is 15.7 Å². The van der Waals surface area contributed by atoms with Crippen LogP contribution >= 0.6 is 0 Å². The lowest BCUT2D eigenvalue weighted by Crippen LogP contribution is -2.63. The van der Waals surface area contributed by atoms with Crippen LogP contribution in [0.1, 0.15) is 67.4 Å². The fourth-order valence-electron chi connectivity index (χ4n) is 6.99. The van der Waals surface area contributed by atoms with Gasteiger partial charge in [-0.05, 0) is 87.0 Å². The first-order chi connectivity index (χ1) is 16.7. The van der Waals surface area contributed by atoms with Crippen molar-refractivity contribution in [2.45, 2.75) is 64.0 Å². The van der Waals surface area contributed by atoms with Crippen molar-refractivity contribution in [1.82, 2.24) is 10.6 Å². The average molecular weight is 475 g/mol. The van der Waals surface area contributed by atoms with Gasteiger partial charge in [-0.3, -0.25) is 9.59 Å². The molecule has 0 radical (unpaired) electrons. The molecule has 4 aliphatic carbocycles. The Hall–Kier alpha value is -3.15. The second kappa shape index (κ2) is 8.81. The van der Waals surface area contributed by atoms with E-state index in [0.29, 0.717) is 24.3 Å². The number of nitrogens with one attached hydrogen (secondary N) is 2. The predicted molar refractivity (Wildman–Crippen MR) is 133 cm³/mol. The van der Waals surface area contributed by atoms with Gasteiger partial charge in [-0.25, -0.2) is 4.79 Å². The molecule has 0 heterocycles. The van der Waals surface area contributed by atoms with Crippen LogP contribution in [0.25, 0.3) is 0 Å². The predicted octanol–water partition coefficient (Wildman–Crippen LogP) is 4.29. The lowest BCUT2D eigenvalue weighted by Gasteiger charge is -2.59. The largest absolute Gasteiger partial charge is 0.478 e. The minimum atomic E-state index is -0.956. The molecule has 4 bridgehead atoms. The smallest absolute Gasteiger partial charge is 0.335 e. The normalized spacial score (nSPS) is 29.0. The number of carbonyl (C=O) groups excluding carboxylic acids is 2. The molecule has 2 aromatic carbocycles. The first kappa shape index (κ1) is 23.6. The summed E-state index contributed by atoms with van der Waals surface area (Å²) in [6.45, 7) is 4.35. The molecule has 0 spiro atoms. The number of carboxylic acid groups (broad SMARTS) is 1. The first-order valence-corrected chi connectivity index (χ1v) is 12.6. The maximum Gasteiger partial charge on any atom is 0.335 e. The van der Waals surface area contributed by atoms with Gasteiger partial charge in [0.25, 0.3) is 0 Å². The standard InChI is InChI=1S/C29H34N2O4/c1-28(2,23-6-4-3-5-7-23)26(34)31-24-21-12-19-13-22(24)16-29(14-19,15-21)27(35)30-17-18-8-10-20(11-9-18)25(32)33/h3-11,19,21-22,24H,12-17H2,1-2H3,(H,30,35)(H,31,34)(H,32,33). The van der Waals surface area contributed by atoms with Gasteiger partial charge in [0.1, 0.15) is 0 Å². The zero-order valence-electron chi connectivity index (χ0n) is 20.4. The number of amides is 2. The minimum Gasteiger partial charge on any atom is -0.478 e. The summed E-state index contributed by atoms with van der Waals surface area (Å²) in [7, 11) is 0. The van der Waals surface area contributed by atoms with E-state index in [2.05, 4.69) is 10.6 Å². The highest BCUT2D eigenvalue weighted by molar-refractivity contribution is 5.88. The summed E-state index contributed by atoms with van der Waals surface area (Å²) in [6.07, 6.45) is 4.73. The Labute approximate surface area is 206 Å². The molecule has 35 heavy (non-hydrogen) atoms. The van der Waals surface area contributed by atoms with Gasteiger partial charge in [0.2, 0.25) is 11.8 Å². The van der Waals surface area contributed by atoms with Gasteiger partial charge in [-0.1, -0.05) is 42.5 Å². The summed E-state index contributed by atoms with van der Waals surface area (Å²) in [4.78, 5) is 37.9. The summed E-state index contributed by atoms with van der Waals surface area (Å²) < 4.78 is 0. The summed E-state index contributed by atoms with van der Waals surface area (Å²) in [6, 6.07) is 16.7. The molecule has 4 aliphatic rings. The highest BCUT2D eigenvalue weighted by atomic mass is 16.4. The number of aromatic carboxylic acids is 1. The maximum atomic E-state index is 13.4. The molecule has 6 rings (SSSR count). The van der Waals surface area contributed by atoms with Gasteiger partial charge in [0.15, 0.2) is 0 Å². The minimum absolute atomic E-state index is 0.0597. The first-order valence-electron chi connectivity index (χ1n) is 12.6. The summed E-state index contributed by atoms with van der Waals surface area (Å²) >= 11 is 0. The molecule has 2 amide bonds. The number of carbonyl (C=O) groups is 3. The molecule has 0 aliphatic heterocycles. The molecule has 6 nitrogen and oxygen atoms in total. The van der Waals surface area contributed by atoms with Crippen molar-refractivity contribution < 1.29 is 19.5 Å². The fourth-order valence-corrected chi connectivity index (χ4v) is 6.99. The molecule has 184 valence electrons. The highest BCUT2D eigenvalue weighted by Crippen LogP contribution is 2.60. The molecule has 0 saturated heterocycles. The molecule has 0 aromatic heterocycles. The summed E-state index contributed by atoms with van der Waals surface area (Å²) in [5.41, 5.74) is 1.18. The molecule has 6 heteroatoms. The van der Waals surface area contributed by atoms with E-state index in [0.717, 1.165) is 43.2 Å². The highest BCUT2D eigenvalue weighted by Gasteiger charge is 2.58. The second-order valence-electron chi connectivity index (χ2n) is 11.4. The van der Waals surface area contributed by atoms with Crippen molar-refractivity contribution in [2.24, 2.45) is 23.2 Å². The Morgan fingerprint density at radius 3 is 2.17 bits per heavy atom. The monoisotopic (exact) mass is 474 g/mol.